The van der Waals surface area contributed by atoms with Crippen LogP contribution < -0.4 is 5.43 Å². The van der Waals surface area contributed by atoms with Crippen molar-refractivity contribution in [3.8, 4) is 0 Å². The van der Waals surface area contributed by atoms with Crippen LogP contribution in [-0.2, 0) is 0 Å². The Bertz CT molecular complexity index is 509. The SMILES string of the molecule is C=Cc1coc2ccccc2c1=O. The second kappa shape index (κ2) is 2.90. The van der Waals surface area contributed by atoms with Crippen LogP contribution in [-0.4, -0.2) is 0 Å². The maximum absolute atomic E-state index is 11.6. The molecule has 0 saturated carbocycles. The molecule has 0 bridgehead atoms. The van der Waals surface area contributed by atoms with Crippen molar-refractivity contribution in [3.63, 3.8) is 0 Å². The van der Waals surface area contributed by atoms with Crippen LogP contribution in [0.25, 0.3) is 17.0 Å². The summed E-state index contributed by atoms with van der Waals surface area (Å²) in [6.45, 7) is 3.54. The van der Waals surface area contributed by atoms with Crippen LogP contribution >= 0.6 is 0 Å². The Morgan fingerprint density at radius 3 is 2.85 bits per heavy atom. The van der Waals surface area contributed by atoms with Gasteiger partial charge >= 0.3 is 0 Å². The van der Waals surface area contributed by atoms with Gasteiger partial charge in [0, 0.05) is 0 Å². The number of benzene rings is 1. The fraction of sp³-hybridized carbons (Fsp3) is 0. The zero-order chi connectivity index (χ0) is 9.26. The Labute approximate surface area is 75.1 Å². The highest BCUT2D eigenvalue weighted by atomic mass is 16.3. The third-order valence-electron chi connectivity index (χ3n) is 1.93. The standard InChI is InChI=1S/C11H8O2/c1-2-8-7-13-10-6-4-3-5-9(10)11(8)12/h2-7H,1H2. The Hall–Kier alpha value is -1.83. The van der Waals surface area contributed by atoms with Crippen molar-refractivity contribution in [1.29, 1.82) is 0 Å². The number of fused-ring (bicyclic) bond motifs is 1. The molecule has 2 nitrogen and oxygen atoms in total. The second-order valence-corrected chi connectivity index (χ2v) is 2.72. The third-order valence-corrected chi connectivity index (χ3v) is 1.93. The van der Waals surface area contributed by atoms with Gasteiger partial charge in [0.25, 0.3) is 0 Å². The van der Waals surface area contributed by atoms with Crippen molar-refractivity contribution in [1.82, 2.24) is 0 Å². The molecular formula is C11H8O2. The molecule has 13 heavy (non-hydrogen) atoms. The predicted octanol–water partition coefficient (Wildman–Crippen LogP) is 2.44. The van der Waals surface area contributed by atoms with Crippen LogP contribution in [0, 0.1) is 0 Å². The van der Waals surface area contributed by atoms with Crippen LogP contribution in [0.4, 0.5) is 0 Å². The molecule has 0 aliphatic carbocycles. The van der Waals surface area contributed by atoms with E-state index >= 15 is 0 Å². The molecule has 2 rings (SSSR count). The van der Waals surface area contributed by atoms with E-state index in [2.05, 4.69) is 6.58 Å². The van der Waals surface area contributed by atoms with Gasteiger partial charge in [0.15, 0.2) is 5.43 Å². The Morgan fingerprint density at radius 2 is 2.08 bits per heavy atom. The molecule has 0 fully saturated rings. The Balaban J connectivity index is 2.95. The van der Waals surface area contributed by atoms with Crippen molar-refractivity contribution < 1.29 is 4.42 Å². The largest absolute Gasteiger partial charge is 0.463 e. The van der Waals surface area contributed by atoms with E-state index in [9.17, 15) is 4.79 Å². The third kappa shape index (κ3) is 1.16. The summed E-state index contributed by atoms with van der Waals surface area (Å²) < 4.78 is 5.24. The van der Waals surface area contributed by atoms with Gasteiger partial charge in [0.2, 0.25) is 0 Å². The summed E-state index contributed by atoms with van der Waals surface area (Å²) in [5.74, 6) is 0. The van der Waals surface area contributed by atoms with Crippen LogP contribution in [0.2, 0.25) is 0 Å². The molecular weight excluding hydrogens is 164 g/mol. The molecule has 0 unspecified atom stereocenters. The second-order valence-electron chi connectivity index (χ2n) is 2.72. The Morgan fingerprint density at radius 1 is 1.31 bits per heavy atom. The van der Waals surface area contributed by atoms with Gasteiger partial charge in [-0.15, -0.1) is 0 Å². The van der Waals surface area contributed by atoms with Gasteiger partial charge in [-0.3, -0.25) is 4.79 Å². The van der Waals surface area contributed by atoms with Gasteiger partial charge in [-0.1, -0.05) is 24.8 Å². The average Bonchev–Trinajstić information content (AvgIpc) is 2.19. The summed E-state index contributed by atoms with van der Waals surface area (Å²) in [6.07, 6.45) is 2.93. The van der Waals surface area contributed by atoms with Gasteiger partial charge in [-0.2, -0.15) is 0 Å². The van der Waals surface area contributed by atoms with Crippen molar-refractivity contribution in [2.75, 3.05) is 0 Å². The van der Waals surface area contributed by atoms with Crippen molar-refractivity contribution in [2.45, 2.75) is 0 Å². The number of hydrogen-bond donors (Lipinski definition) is 0. The molecule has 1 heterocycles. The van der Waals surface area contributed by atoms with E-state index in [1.807, 2.05) is 12.1 Å². The van der Waals surface area contributed by atoms with E-state index in [4.69, 9.17) is 4.42 Å². The zero-order valence-electron chi connectivity index (χ0n) is 6.99. The molecule has 2 aromatic rings. The van der Waals surface area contributed by atoms with E-state index in [1.54, 1.807) is 12.1 Å². The molecule has 0 amide bonds. The predicted molar refractivity (Wildman–Crippen MR) is 52.6 cm³/mol. The normalized spacial score (nSPS) is 10.2. The average molecular weight is 172 g/mol. The first-order chi connectivity index (χ1) is 6.33. The number of hydrogen-bond acceptors (Lipinski definition) is 2. The molecule has 1 aromatic heterocycles. The lowest BCUT2D eigenvalue weighted by Crippen LogP contribution is -2.03. The van der Waals surface area contributed by atoms with E-state index in [0.29, 0.717) is 16.5 Å². The molecule has 2 heteroatoms. The van der Waals surface area contributed by atoms with E-state index in [1.165, 1.54) is 12.3 Å². The molecule has 0 aliphatic heterocycles. The molecule has 0 radical (unpaired) electrons. The zero-order valence-corrected chi connectivity index (χ0v) is 6.99. The first-order valence-corrected chi connectivity index (χ1v) is 3.96. The highest BCUT2D eigenvalue weighted by molar-refractivity contribution is 5.78. The van der Waals surface area contributed by atoms with Crippen LogP contribution in [0.5, 0.6) is 0 Å². The fourth-order valence-corrected chi connectivity index (χ4v) is 1.23. The quantitative estimate of drug-likeness (QED) is 0.661. The maximum atomic E-state index is 11.6. The first kappa shape index (κ1) is 7.80. The minimum Gasteiger partial charge on any atom is -0.463 e. The summed E-state index contributed by atoms with van der Waals surface area (Å²) in [4.78, 5) is 11.6. The van der Waals surface area contributed by atoms with Crippen molar-refractivity contribution in [2.24, 2.45) is 0 Å². The summed E-state index contributed by atoms with van der Waals surface area (Å²) in [6, 6.07) is 7.16. The minimum absolute atomic E-state index is 0.0307. The van der Waals surface area contributed by atoms with Crippen molar-refractivity contribution >= 4 is 17.0 Å². The molecule has 0 atom stereocenters. The van der Waals surface area contributed by atoms with E-state index < -0.39 is 0 Å². The molecule has 0 spiro atoms. The molecule has 64 valence electrons. The smallest absolute Gasteiger partial charge is 0.199 e. The number of rotatable bonds is 1. The minimum atomic E-state index is -0.0307. The number of para-hydroxylation sites is 1. The van der Waals surface area contributed by atoms with Gasteiger partial charge in [-0.25, -0.2) is 0 Å². The van der Waals surface area contributed by atoms with Crippen LogP contribution in [0.3, 0.4) is 0 Å². The highest BCUT2D eigenvalue weighted by Gasteiger charge is 2.01. The van der Waals surface area contributed by atoms with E-state index in [-0.39, 0.29) is 5.43 Å². The maximum Gasteiger partial charge on any atom is 0.199 e. The lowest BCUT2D eigenvalue weighted by atomic mass is 10.2. The summed E-state index contributed by atoms with van der Waals surface area (Å²) in [5, 5.41) is 0.597. The monoisotopic (exact) mass is 172 g/mol. The lowest BCUT2D eigenvalue weighted by Gasteiger charge is -1.96. The van der Waals surface area contributed by atoms with E-state index in [0.717, 1.165) is 0 Å². The van der Waals surface area contributed by atoms with Crippen LogP contribution in [0.15, 0.2) is 46.3 Å². The Kier molecular flexibility index (Phi) is 1.74. The first-order valence-electron chi connectivity index (χ1n) is 3.96. The van der Waals surface area contributed by atoms with Gasteiger partial charge < -0.3 is 4.42 Å². The summed E-state index contributed by atoms with van der Waals surface area (Å²) >= 11 is 0. The van der Waals surface area contributed by atoms with Gasteiger partial charge in [0.1, 0.15) is 11.8 Å². The topological polar surface area (TPSA) is 30.2 Å². The molecule has 0 N–H and O–H groups in total. The van der Waals surface area contributed by atoms with Crippen molar-refractivity contribution in [3.05, 3.63) is 52.9 Å². The fourth-order valence-electron chi connectivity index (χ4n) is 1.23. The van der Waals surface area contributed by atoms with Gasteiger partial charge in [-0.05, 0) is 12.1 Å². The molecule has 0 saturated heterocycles. The van der Waals surface area contributed by atoms with Gasteiger partial charge in [0.05, 0.1) is 10.9 Å². The highest BCUT2D eigenvalue weighted by Crippen LogP contribution is 2.10. The summed E-state index contributed by atoms with van der Waals surface area (Å²) in [7, 11) is 0. The molecule has 1 aromatic carbocycles. The molecule has 0 aliphatic rings. The lowest BCUT2D eigenvalue weighted by molar-refractivity contribution is 0.601. The summed E-state index contributed by atoms with van der Waals surface area (Å²) in [5.41, 5.74) is 1.08. The van der Waals surface area contributed by atoms with Crippen LogP contribution in [0.1, 0.15) is 5.56 Å².